The first kappa shape index (κ1) is 18.5. The van der Waals surface area contributed by atoms with Crippen molar-refractivity contribution in [1.82, 2.24) is 0 Å². The molecule has 6 heteroatoms. The molecule has 1 heterocycles. The van der Waals surface area contributed by atoms with E-state index in [0.717, 1.165) is 0 Å². The minimum absolute atomic E-state index is 0.0208. The molecule has 24 heavy (non-hydrogen) atoms. The van der Waals surface area contributed by atoms with Gasteiger partial charge in [0.05, 0.1) is 5.92 Å². The summed E-state index contributed by atoms with van der Waals surface area (Å²) in [6, 6.07) is 0. The number of ether oxygens (including phenoxy) is 3. The predicted octanol–water partition coefficient (Wildman–Crippen LogP) is 2.40. The van der Waals surface area contributed by atoms with Crippen LogP contribution in [0.1, 0.15) is 48.0 Å². The van der Waals surface area contributed by atoms with Gasteiger partial charge < -0.3 is 14.2 Å². The zero-order chi connectivity index (χ0) is 18.4. The molecule has 1 aliphatic carbocycles. The summed E-state index contributed by atoms with van der Waals surface area (Å²) in [5, 5.41) is 0. The van der Waals surface area contributed by atoms with E-state index in [9.17, 15) is 14.4 Å². The van der Waals surface area contributed by atoms with E-state index in [-0.39, 0.29) is 29.3 Å². The molecule has 2 fully saturated rings. The van der Waals surface area contributed by atoms with Crippen molar-refractivity contribution in [3.63, 3.8) is 0 Å². The first-order valence-electron chi connectivity index (χ1n) is 8.23. The van der Waals surface area contributed by atoms with Gasteiger partial charge in [-0.1, -0.05) is 20.4 Å². The summed E-state index contributed by atoms with van der Waals surface area (Å²) in [5.74, 6) is -1.77. The van der Waals surface area contributed by atoms with Gasteiger partial charge in [0.2, 0.25) is 5.60 Å². The van der Waals surface area contributed by atoms with Gasteiger partial charge in [-0.15, -0.1) is 0 Å². The number of esters is 3. The number of carbonyl (C=O) groups is 3. The zero-order valence-corrected chi connectivity index (χ0v) is 15.2. The number of hydrogen-bond acceptors (Lipinski definition) is 6. The van der Waals surface area contributed by atoms with Crippen LogP contribution in [0.25, 0.3) is 0 Å². The second-order valence-corrected chi connectivity index (χ2v) is 7.71. The molecule has 5 unspecified atom stereocenters. The Hall–Kier alpha value is -1.85. The Balaban J connectivity index is 2.19. The quantitative estimate of drug-likeness (QED) is 0.445. The van der Waals surface area contributed by atoms with Crippen LogP contribution in [-0.4, -0.2) is 35.2 Å². The molecular weight excluding hydrogens is 312 g/mol. The van der Waals surface area contributed by atoms with Crippen molar-refractivity contribution >= 4 is 17.9 Å². The number of hydrogen-bond donors (Lipinski definition) is 0. The Kier molecular flexibility index (Phi) is 4.55. The zero-order valence-electron chi connectivity index (χ0n) is 15.2. The lowest BCUT2D eigenvalue weighted by molar-refractivity contribution is -0.208. The largest absolute Gasteiger partial charge is 0.458 e. The number of carbonyl (C=O) groups excluding carboxylic acids is 3. The molecule has 2 bridgehead atoms. The van der Waals surface area contributed by atoms with Gasteiger partial charge in [-0.05, 0) is 34.1 Å². The fraction of sp³-hybridized carbons (Fsp3) is 0.722. The van der Waals surface area contributed by atoms with Crippen LogP contribution in [-0.2, 0) is 28.6 Å². The molecular formula is C18H26O6. The average molecular weight is 338 g/mol. The van der Waals surface area contributed by atoms with E-state index in [0.29, 0.717) is 6.42 Å². The summed E-state index contributed by atoms with van der Waals surface area (Å²) in [6.45, 7) is 13.6. The Morgan fingerprint density at radius 1 is 1.33 bits per heavy atom. The van der Waals surface area contributed by atoms with Gasteiger partial charge in [0, 0.05) is 17.4 Å². The molecule has 0 amide bonds. The van der Waals surface area contributed by atoms with Crippen LogP contribution < -0.4 is 0 Å². The summed E-state index contributed by atoms with van der Waals surface area (Å²) in [7, 11) is 0. The standard InChI is InChI=1S/C18H26O6/c1-9(2)14(19)23-17(5,6)16(21)24-18(7)10(3)8-12-11(4)13(18)22-15(12)20/h10-13H,1,8H2,2-7H3. The molecule has 2 aliphatic rings. The van der Waals surface area contributed by atoms with Crippen LogP contribution in [0.4, 0.5) is 0 Å². The van der Waals surface area contributed by atoms with E-state index < -0.39 is 29.2 Å². The van der Waals surface area contributed by atoms with Crippen LogP contribution in [0.5, 0.6) is 0 Å². The molecule has 2 rings (SSSR count). The van der Waals surface area contributed by atoms with Gasteiger partial charge in [-0.3, -0.25) is 4.79 Å². The van der Waals surface area contributed by atoms with E-state index in [4.69, 9.17) is 14.2 Å². The van der Waals surface area contributed by atoms with E-state index >= 15 is 0 Å². The summed E-state index contributed by atoms with van der Waals surface area (Å²) in [6.07, 6.45) is 0.113. The van der Waals surface area contributed by atoms with Gasteiger partial charge in [0.25, 0.3) is 0 Å². The second kappa shape index (κ2) is 5.90. The maximum absolute atomic E-state index is 12.6. The van der Waals surface area contributed by atoms with Gasteiger partial charge in [-0.25, -0.2) is 9.59 Å². The van der Waals surface area contributed by atoms with E-state index in [1.165, 1.54) is 20.8 Å². The van der Waals surface area contributed by atoms with Gasteiger partial charge >= 0.3 is 17.9 Å². The van der Waals surface area contributed by atoms with Gasteiger partial charge in [0.15, 0.2) is 0 Å². The highest BCUT2D eigenvalue weighted by atomic mass is 16.6. The van der Waals surface area contributed by atoms with Crippen molar-refractivity contribution in [1.29, 1.82) is 0 Å². The minimum atomic E-state index is -1.46. The highest BCUT2D eigenvalue weighted by Gasteiger charge is 2.61. The van der Waals surface area contributed by atoms with Crippen molar-refractivity contribution in [3.8, 4) is 0 Å². The van der Waals surface area contributed by atoms with Crippen LogP contribution in [0.3, 0.4) is 0 Å². The maximum atomic E-state index is 12.6. The van der Waals surface area contributed by atoms with Crippen LogP contribution >= 0.6 is 0 Å². The molecule has 134 valence electrons. The van der Waals surface area contributed by atoms with Crippen LogP contribution in [0.2, 0.25) is 0 Å². The van der Waals surface area contributed by atoms with Crippen molar-refractivity contribution in [2.24, 2.45) is 17.8 Å². The Bertz CT molecular complexity index is 592. The molecule has 0 aromatic carbocycles. The lowest BCUT2D eigenvalue weighted by Gasteiger charge is -2.45. The summed E-state index contributed by atoms with van der Waals surface area (Å²) in [4.78, 5) is 36.3. The molecule has 0 spiro atoms. The highest BCUT2D eigenvalue weighted by Crippen LogP contribution is 2.49. The third kappa shape index (κ3) is 2.94. The van der Waals surface area contributed by atoms with Crippen molar-refractivity contribution < 1.29 is 28.6 Å². The molecule has 1 saturated carbocycles. The van der Waals surface area contributed by atoms with Crippen molar-refractivity contribution in [2.75, 3.05) is 0 Å². The molecule has 0 radical (unpaired) electrons. The van der Waals surface area contributed by atoms with E-state index in [1.54, 1.807) is 6.92 Å². The SMILES string of the molecule is C=C(C)C(=O)OC(C)(C)C(=O)OC1(C)C(C)CC2C(=O)OC1C2C. The topological polar surface area (TPSA) is 78.9 Å². The van der Waals surface area contributed by atoms with Crippen molar-refractivity contribution in [2.45, 2.75) is 65.3 Å². The van der Waals surface area contributed by atoms with Crippen LogP contribution in [0, 0.1) is 17.8 Å². The normalized spacial score (nSPS) is 35.2. The summed E-state index contributed by atoms with van der Waals surface area (Å²) in [5.41, 5.74) is -2.21. The fourth-order valence-electron chi connectivity index (χ4n) is 3.43. The predicted molar refractivity (Wildman–Crippen MR) is 85.8 cm³/mol. The Morgan fingerprint density at radius 2 is 1.92 bits per heavy atom. The maximum Gasteiger partial charge on any atom is 0.350 e. The molecule has 0 N–H and O–H groups in total. The first-order chi connectivity index (χ1) is 10.9. The molecule has 1 aliphatic heterocycles. The van der Waals surface area contributed by atoms with E-state index in [1.807, 2.05) is 13.8 Å². The third-order valence-corrected chi connectivity index (χ3v) is 5.31. The summed E-state index contributed by atoms with van der Waals surface area (Å²) >= 11 is 0. The first-order valence-corrected chi connectivity index (χ1v) is 8.23. The van der Waals surface area contributed by atoms with E-state index in [2.05, 4.69) is 6.58 Å². The van der Waals surface area contributed by atoms with Gasteiger partial charge in [0.1, 0.15) is 11.7 Å². The molecule has 5 atom stereocenters. The third-order valence-electron chi connectivity index (χ3n) is 5.31. The van der Waals surface area contributed by atoms with Crippen LogP contribution in [0.15, 0.2) is 12.2 Å². The second-order valence-electron chi connectivity index (χ2n) is 7.71. The lowest BCUT2D eigenvalue weighted by Crippen LogP contribution is -2.56. The summed E-state index contributed by atoms with van der Waals surface area (Å²) < 4.78 is 16.4. The number of fused-ring (bicyclic) bond motifs is 2. The monoisotopic (exact) mass is 338 g/mol. The molecule has 6 nitrogen and oxygen atoms in total. The fourth-order valence-corrected chi connectivity index (χ4v) is 3.43. The number of rotatable bonds is 4. The average Bonchev–Trinajstić information content (AvgIpc) is 2.68. The smallest absolute Gasteiger partial charge is 0.350 e. The lowest BCUT2D eigenvalue weighted by atomic mass is 9.67. The molecule has 1 saturated heterocycles. The molecule has 0 aromatic heterocycles. The Morgan fingerprint density at radius 3 is 2.46 bits per heavy atom. The highest BCUT2D eigenvalue weighted by molar-refractivity contribution is 5.90. The molecule has 0 aromatic rings. The minimum Gasteiger partial charge on any atom is -0.458 e. The Labute approximate surface area is 142 Å². The van der Waals surface area contributed by atoms with Crippen molar-refractivity contribution in [3.05, 3.63) is 12.2 Å². The van der Waals surface area contributed by atoms with Gasteiger partial charge in [-0.2, -0.15) is 0 Å².